The van der Waals surface area contributed by atoms with E-state index in [4.69, 9.17) is 16.2 Å². The van der Waals surface area contributed by atoms with Crippen molar-refractivity contribution >= 4 is 5.91 Å². The summed E-state index contributed by atoms with van der Waals surface area (Å²) in [7, 11) is 0. The van der Waals surface area contributed by atoms with Crippen LogP contribution in [-0.4, -0.2) is 17.6 Å². The molecule has 3 rings (SSSR count). The van der Waals surface area contributed by atoms with Gasteiger partial charge in [-0.05, 0) is 40.5 Å². The molecule has 0 saturated carbocycles. The van der Waals surface area contributed by atoms with Crippen molar-refractivity contribution in [1.29, 1.82) is 0 Å². The molecule has 28 heavy (non-hydrogen) atoms. The number of ether oxygens (including phenoxy) is 1. The molecule has 5 heteroatoms. The first-order valence-corrected chi connectivity index (χ1v) is 9.11. The molecular formula is C23H24N2O3. The quantitative estimate of drug-likeness (QED) is 0.563. The minimum Gasteiger partial charge on any atom is -0.489 e. The van der Waals surface area contributed by atoms with Gasteiger partial charge in [-0.15, -0.1) is 0 Å². The topological polar surface area (TPSA) is 98.6 Å². The number of carbonyl (C=O) groups excluding carboxylic acids is 1. The Balaban J connectivity index is 1.77. The smallest absolute Gasteiger partial charge is 0.221 e. The summed E-state index contributed by atoms with van der Waals surface area (Å²) < 4.78 is 5.93. The molecule has 0 spiro atoms. The third-order valence-electron chi connectivity index (χ3n) is 4.50. The largest absolute Gasteiger partial charge is 0.489 e. The normalized spacial score (nSPS) is 11.8. The van der Waals surface area contributed by atoms with Crippen LogP contribution in [0.4, 0.5) is 0 Å². The molecule has 0 fully saturated rings. The maximum absolute atomic E-state index is 11.2. The molecule has 144 valence electrons. The molecule has 1 unspecified atom stereocenters. The lowest BCUT2D eigenvalue weighted by Gasteiger charge is -2.13. The van der Waals surface area contributed by atoms with Crippen molar-refractivity contribution in [1.82, 2.24) is 0 Å². The Morgan fingerprint density at radius 3 is 2.43 bits per heavy atom. The average molecular weight is 376 g/mol. The Bertz CT molecular complexity index is 956. The number of hydrogen-bond acceptors (Lipinski definition) is 4. The van der Waals surface area contributed by atoms with Crippen LogP contribution in [0.15, 0.2) is 72.8 Å². The molecule has 0 aliphatic heterocycles. The van der Waals surface area contributed by atoms with Crippen molar-refractivity contribution in [3.63, 3.8) is 0 Å². The molecule has 5 N–H and O–H groups in total. The molecule has 3 aromatic rings. The monoisotopic (exact) mass is 376 g/mol. The van der Waals surface area contributed by atoms with E-state index in [1.54, 1.807) is 0 Å². The first kappa shape index (κ1) is 19.6. The fourth-order valence-electron chi connectivity index (χ4n) is 3.03. The molecule has 3 aromatic carbocycles. The van der Waals surface area contributed by atoms with Crippen molar-refractivity contribution in [2.75, 3.05) is 6.61 Å². The summed E-state index contributed by atoms with van der Waals surface area (Å²) in [5.41, 5.74) is 16.0. The number of carbonyl (C=O) groups is 1. The predicted octanol–water partition coefficient (Wildman–Crippen LogP) is 2.95. The second kappa shape index (κ2) is 9.17. The van der Waals surface area contributed by atoms with Crippen LogP contribution in [0.25, 0.3) is 11.1 Å². The lowest BCUT2D eigenvalue weighted by atomic mass is 9.99. The minimum absolute atomic E-state index is 0.0952. The lowest BCUT2D eigenvalue weighted by Crippen LogP contribution is -2.14. The van der Waals surface area contributed by atoms with Crippen LogP contribution in [-0.2, 0) is 17.8 Å². The Labute approximate surface area is 164 Å². The van der Waals surface area contributed by atoms with Gasteiger partial charge in [-0.1, -0.05) is 54.6 Å². The Morgan fingerprint density at radius 2 is 1.68 bits per heavy atom. The van der Waals surface area contributed by atoms with Gasteiger partial charge in [0, 0.05) is 5.56 Å². The fourth-order valence-corrected chi connectivity index (χ4v) is 3.03. The number of aliphatic hydroxyl groups excluding tert-OH is 1. The van der Waals surface area contributed by atoms with Crippen molar-refractivity contribution in [2.24, 2.45) is 11.5 Å². The highest BCUT2D eigenvalue weighted by atomic mass is 16.5. The number of benzene rings is 3. The summed E-state index contributed by atoms with van der Waals surface area (Å²) in [6.07, 6.45) is 0.147. The molecule has 5 nitrogen and oxygen atoms in total. The molecule has 1 atom stereocenters. The van der Waals surface area contributed by atoms with E-state index >= 15 is 0 Å². The third kappa shape index (κ3) is 4.97. The summed E-state index contributed by atoms with van der Waals surface area (Å²) in [5, 5.41) is 9.28. The average Bonchev–Trinajstić information content (AvgIpc) is 2.72. The Kier molecular flexibility index (Phi) is 6.42. The maximum atomic E-state index is 11.2. The summed E-state index contributed by atoms with van der Waals surface area (Å²) in [5.74, 6) is 0.265. The van der Waals surface area contributed by atoms with E-state index in [-0.39, 0.29) is 18.9 Å². The molecule has 0 heterocycles. The van der Waals surface area contributed by atoms with Gasteiger partial charge in [0.2, 0.25) is 5.91 Å². The Morgan fingerprint density at radius 1 is 0.964 bits per heavy atom. The molecule has 0 aliphatic carbocycles. The van der Waals surface area contributed by atoms with Crippen LogP contribution in [0.2, 0.25) is 0 Å². The van der Waals surface area contributed by atoms with Gasteiger partial charge in [0.05, 0.1) is 19.1 Å². The second-order valence-electron chi connectivity index (χ2n) is 6.65. The van der Waals surface area contributed by atoms with Gasteiger partial charge in [-0.3, -0.25) is 4.79 Å². The van der Waals surface area contributed by atoms with E-state index in [0.29, 0.717) is 12.4 Å². The van der Waals surface area contributed by atoms with Crippen molar-refractivity contribution in [2.45, 2.75) is 19.1 Å². The van der Waals surface area contributed by atoms with Crippen LogP contribution in [0, 0.1) is 0 Å². The Hall–Kier alpha value is -3.15. The molecule has 1 amide bonds. The number of nitrogens with two attached hydrogens (primary N) is 2. The minimum atomic E-state index is -0.395. The number of para-hydroxylation sites is 1. The molecule has 0 saturated heterocycles. The summed E-state index contributed by atoms with van der Waals surface area (Å²) >= 11 is 0. The number of aliphatic hydroxyl groups is 1. The molecular weight excluding hydrogens is 352 g/mol. The highest BCUT2D eigenvalue weighted by Crippen LogP contribution is 2.25. The van der Waals surface area contributed by atoms with E-state index in [9.17, 15) is 9.90 Å². The number of hydrogen-bond donors (Lipinski definition) is 3. The van der Waals surface area contributed by atoms with Crippen LogP contribution in [0.1, 0.15) is 22.7 Å². The highest BCUT2D eigenvalue weighted by molar-refractivity contribution is 5.77. The summed E-state index contributed by atoms with van der Waals surface area (Å²) in [6, 6.07) is 22.9. The highest BCUT2D eigenvalue weighted by Gasteiger charge is 2.08. The van der Waals surface area contributed by atoms with E-state index in [2.05, 4.69) is 6.07 Å². The van der Waals surface area contributed by atoms with Gasteiger partial charge < -0.3 is 21.3 Å². The van der Waals surface area contributed by atoms with Crippen molar-refractivity contribution in [3.05, 3.63) is 89.5 Å². The van der Waals surface area contributed by atoms with Gasteiger partial charge in [0.15, 0.2) is 0 Å². The zero-order valence-corrected chi connectivity index (χ0v) is 15.5. The van der Waals surface area contributed by atoms with Crippen molar-refractivity contribution < 1.29 is 14.6 Å². The van der Waals surface area contributed by atoms with Gasteiger partial charge in [-0.25, -0.2) is 0 Å². The van der Waals surface area contributed by atoms with Gasteiger partial charge >= 0.3 is 0 Å². The summed E-state index contributed by atoms with van der Waals surface area (Å²) in [6.45, 7) is 0.279. The van der Waals surface area contributed by atoms with E-state index < -0.39 is 6.04 Å². The number of primary amides is 1. The molecule has 0 aromatic heterocycles. The summed E-state index contributed by atoms with van der Waals surface area (Å²) in [4.78, 5) is 11.2. The number of amides is 1. The van der Waals surface area contributed by atoms with Crippen LogP contribution < -0.4 is 16.2 Å². The van der Waals surface area contributed by atoms with E-state index in [0.717, 1.165) is 27.8 Å². The predicted molar refractivity (Wildman–Crippen MR) is 110 cm³/mol. The SMILES string of the molecule is NC(=O)Cc1ccccc1OCc1cccc(-c2cccc(C(N)CO)c2)c1. The first-order valence-electron chi connectivity index (χ1n) is 9.11. The molecule has 0 bridgehead atoms. The zero-order valence-electron chi connectivity index (χ0n) is 15.5. The first-order chi connectivity index (χ1) is 13.6. The van der Waals surface area contributed by atoms with Gasteiger partial charge in [0.25, 0.3) is 0 Å². The standard InChI is InChI=1S/C23H24N2O3/c24-21(14-26)19-9-4-8-18(12-19)17-7-3-5-16(11-17)15-28-22-10-2-1-6-20(22)13-23(25)27/h1-12,21,26H,13-15,24H2,(H2,25,27). The number of rotatable bonds is 8. The van der Waals surface area contributed by atoms with E-state index in [1.807, 2.05) is 66.7 Å². The van der Waals surface area contributed by atoms with Crippen LogP contribution in [0.5, 0.6) is 5.75 Å². The molecule has 0 aliphatic rings. The second-order valence-corrected chi connectivity index (χ2v) is 6.65. The third-order valence-corrected chi connectivity index (χ3v) is 4.50. The lowest BCUT2D eigenvalue weighted by molar-refractivity contribution is -0.117. The van der Waals surface area contributed by atoms with Gasteiger partial charge in [0.1, 0.15) is 12.4 Å². The van der Waals surface area contributed by atoms with Crippen LogP contribution in [0.3, 0.4) is 0 Å². The van der Waals surface area contributed by atoms with Crippen LogP contribution >= 0.6 is 0 Å². The zero-order chi connectivity index (χ0) is 19.9. The van der Waals surface area contributed by atoms with Crippen molar-refractivity contribution in [3.8, 4) is 16.9 Å². The van der Waals surface area contributed by atoms with E-state index in [1.165, 1.54) is 0 Å². The van der Waals surface area contributed by atoms with Gasteiger partial charge in [-0.2, -0.15) is 0 Å². The fraction of sp³-hybridized carbons (Fsp3) is 0.174. The molecule has 0 radical (unpaired) electrons. The maximum Gasteiger partial charge on any atom is 0.221 e.